The van der Waals surface area contributed by atoms with E-state index in [-0.39, 0.29) is 24.2 Å². The van der Waals surface area contributed by atoms with E-state index >= 15 is 0 Å². The van der Waals surface area contributed by atoms with Crippen LogP contribution in [0.2, 0.25) is 0 Å². The molecule has 1 saturated carbocycles. The lowest BCUT2D eigenvalue weighted by Gasteiger charge is -2.63. The van der Waals surface area contributed by atoms with Gasteiger partial charge >= 0.3 is 0 Å². The van der Waals surface area contributed by atoms with E-state index in [1.807, 2.05) is 24.3 Å². The Hall–Kier alpha value is -2.50. The molecule has 1 aliphatic heterocycles. The number of hydrogen-bond acceptors (Lipinski definition) is 3. The molecular formula is C29H32O3Si-. The van der Waals surface area contributed by atoms with Gasteiger partial charge in [-0.15, -0.1) is 6.58 Å². The van der Waals surface area contributed by atoms with Crippen LogP contribution < -0.4 is 10.4 Å². The molecule has 3 aromatic rings. The van der Waals surface area contributed by atoms with Gasteiger partial charge in [0.2, 0.25) is 0 Å². The quantitative estimate of drug-likeness (QED) is 0.400. The van der Waals surface area contributed by atoms with Crippen molar-refractivity contribution in [2.45, 2.75) is 50.4 Å². The summed E-state index contributed by atoms with van der Waals surface area (Å²) in [5.74, 6) is 0.186. The van der Waals surface area contributed by atoms with E-state index in [0.29, 0.717) is 6.61 Å². The molecule has 1 saturated heterocycles. The molecular weight excluding hydrogens is 424 g/mol. The van der Waals surface area contributed by atoms with E-state index in [1.54, 1.807) is 0 Å². The number of hydrogen-bond donors (Lipinski definition) is 0. The Balaban J connectivity index is 1.52. The van der Waals surface area contributed by atoms with Gasteiger partial charge in [-0.3, -0.25) is 0 Å². The predicted octanol–water partition coefficient (Wildman–Crippen LogP) is 4.64. The fourth-order valence-electron chi connectivity index (χ4n) is 5.57. The van der Waals surface area contributed by atoms with Crippen molar-refractivity contribution in [2.24, 2.45) is 5.92 Å². The molecule has 0 bridgehead atoms. The van der Waals surface area contributed by atoms with E-state index in [1.165, 1.54) is 15.9 Å². The van der Waals surface area contributed by atoms with Crippen LogP contribution in [0.3, 0.4) is 0 Å². The number of rotatable bonds is 6. The van der Waals surface area contributed by atoms with Crippen molar-refractivity contribution in [3.63, 3.8) is 0 Å². The van der Waals surface area contributed by atoms with Gasteiger partial charge in [-0.25, -0.2) is 0 Å². The van der Waals surface area contributed by atoms with Crippen LogP contribution >= 0.6 is 0 Å². The molecule has 5 rings (SSSR count). The smallest absolute Gasteiger partial charge is 0.103 e. The molecule has 3 nitrogen and oxygen atoms in total. The van der Waals surface area contributed by atoms with Crippen LogP contribution in [0.15, 0.2) is 104 Å². The van der Waals surface area contributed by atoms with Crippen LogP contribution in [-0.2, 0) is 20.5 Å². The first-order valence-corrected chi connectivity index (χ1v) is 13.7. The lowest BCUT2D eigenvalue weighted by Crippen LogP contribution is -2.79. The Bertz CT molecular complexity index is 1030. The second-order valence-corrected chi connectivity index (χ2v) is 13.5. The van der Waals surface area contributed by atoms with Gasteiger partial charge in [0, 0.05) is 5.92 Å². The molecule has 33 heavy (non-hydrogen) atoms. The van der Waals surface area contributed by atoms with E-state index in [9.17, 15) is 0 Å². The first kappa shape index (κ1) is 22.3. The van der Waals surface area contributed by atoms with Crippen molar-refractivity contribution in [2.75, 3.05) is 0 Å². The molecule has 1 heterocycles. The molecule has 0 spiro atoms. The molecule has 0 N–H and O–H groups in total. The molecule has 2 aliphatic rings. The van der Waals surface area contributed by atoms with Crippen molar-refractivity contribution < 1.29 is 13.9 Å². The Kier molecular flexibility index (Phi) is 6.10. The summed E-state index contributed by atoms with van der Waals surface area (Å²) in [5.41, 5.74) is 1.17. The van der Waals surface area contributed by atoms with Crippen molar-refractivity contribution in [1.29, 1.82) is 0 Å². The molecule has 2 fully saturated rings. The third kappa shape index (κ3) is 3.91. The SMILES string of the molecule is C=C[C@H]1C[C@H](OCc2ccccc2)[C@@H]2OC(C)(C)[Si-](c3ccccc3)(c3ccccc3)O[C@@H]21. The average molecular weight is 457 g/mol. The highest BCUT2D eigenvalue weighted by Gasteiger charge is 2.55. The Morgan fingerprint density at radius 2 is 1.42 bits per heavy atom. The standard InChI is InChI=1S/C29H32O3Si/c1-4-23-20-26(30-21-22-14-8-5-9-15-22)28-27(23)32-33(29(2,3)31-28,24-16-10-6-11-17-24)25-18-12-7-13-19-25/h4-19,23,26-28H,1,20-21H2,2-3H3/q-1/t23-,26-,27+,28-/m0/s1. The minimum absolute atomic E-state index is 0.0315. The molecule has 4 heteroatoms. The highest BCUT2D eigenvalue weighted by Crippen LogP contribution is 2.44. The molecule has 3 aromatic carbocycles. The topological polar surface area (TPSA) is 27.7 Å². The molecule has 0 aromatic heterocycles. The highest BCUT2D eigenvalue weighted by atomic mass is 28.4. The number of benzene rings is 3. The summed E-state index contributed by atoms with van der Waals surface area (Å²) >= 11 is 0. The Morgan fingerprint density at radius 1 is 0.879 bits per heavy atom. The molecule has 0 radical (unpaired) electrons. The molecule has 0 amide bonds. The van der Waals surface area contributed by atoms with Crippen molar-refractivity contribution in [3.8, 4) is 0 Å². The average Bonchev–Trinajstić information content (AvgIpc) is 3.18. The van der Waals surface area contributed by atoms with Gasteiger partial charge in [-0.05, 0) is 17.2 Å². The predicted molar refractivity (Wildman–Crippen MR) is 135 cm³/mol. The summed E-state index contributed by atoms with van der Waals surface area (Å²) in [6.07, 6.45) is 2.65. The van der Waals surface area contributed by atoms with Gasteiger partial charge in [0.25, 0.3) is 0 Å². The molecule has 4 atom stereocenters. The summed E-state index contributed by atoms with van der Waals surface area (Å²) in [5, 5.41) is 1.98. The van der Waals surface area contributed by atoms with Gasteiger partial charge in [0.15, 0.2) is 0 Å². The van der Waals surface area contributed by atoms with Crippen LogP contribution in [-0.4, -0.2) is 31.9 Å². The van der Waals surface area contributed by atoms with Gasteiger partial charge in [0.05, 0.1) is 27.1 Å². The van der Waals surface area contributed by atoms with E-state index < -0.39 is 13.5 Å². The maximum absolute atomic E-state index is 7.33. The Morgan fingerprint density at radius 3 is 1.97 bits per heavy atom. The zero-order chi connectivity index (χ0) is 22.9. The third-order valence-electron chi connectivity index (χ3n) is 7.18. The Labute approximate surface area is 198 Å². The van der Waals surface area contributed by atoms with E-state index in [2.05, 4.69) is 93.2 Å². The fourth-order valence-corrected chi connectivity index (χ4v) is 10.2. The second kappa shape index (κ2) is 9.03. The lowest BCUT2D eigenvalue weighted by molar-refractivity contribution is -0.157. The first-order valence-electron chi connectivity index (χ1n) is 11.8. The molecule has 171 valence electrons. The summed E-state index contributed by atoms with van der Waals surface area (Å²) in [6, 6.07) is 31.7. The van der Waals surface area contributed by atoms with Crippen molar-refractivity contribution in [1.82, 2.24) is 0 Å². The van der Waals surface area contributed by atoms with E-state index in [0.717, 1.165) is 6.42 Å². The first-order chi connectivity index (χ1) is 16.0. The van der Waals surface area contributed by atoms with Gasteiger partial charge in [-0.2, -0.15) is 10.4 Å². The summed E-state index contributed by atoms with van der Waals surface area (Å²) in [4.78, 5) is 0. The largest absolute Gasteiger partial charge is 0.552 e. The minimum Gasteiger partial charge on any atom is -0.552 e. The van der Waals surface area contributed by atoms with Crippen molar-refractivity contribution >= 4 is 18.7 Å². The zero-order valence-corrected chi connectivity index (χ0v) is 20.4. The maximum Gasteiger partial charge on any atom is 0.103 e. The fraction of sp³-hybridized carbons (Fsp3) is 0.310. The highest BCUT2D eigenvalue weighted by molar-refractivity contribution is 6.99. The maximum atomic E-state index is 7.33. The zero-order valence-electron chi connectivity index (χ0n) is 19.4. The summed E-state index contributed by atoms with van der Waals surface area (Å²) in [6.45, 7) is 9.11. The van der Waals surface area contributed by atoms with Crippen LogP contribution in [0, 0.1) is 5.92 Å². The lowest BCUT2D eigenvalue weighted by atomic mass is 10.1. The third-order valence-corrected chi connectivity index (χ3v) is 11.9. The van der Waals surface area contributed by atoms with Gasteiger partial charge < -0.3 is 13.9 Å². The summed E-state index contributed by atoms with van der Waals surface area (Å²) < 4.78 is 20.8. The normalized spacial score (nSPS) is 27.6. The number of fused-ring (bicyclic) bond motifs is 1. The monoisotopic (exact) mass is 456 g/mol. The van der Waals surface area contributed by atoms with Crippen LogP contribution in [0.5, 0.6) is 0 Å². The second-order valence-electron chi connectivity index (χ2n) is 9.56. The van der Waals surface area contributed by atoms with Crippen LogP contribution in [0.1, 0.15) is 25.8 Å². The summed E-state index contributed by atoms with van der Waals surface area (Å²) in [7, 11) is -2.75. The van der Waals surface area contributed by atoms with Crippen LogP contribution in [0.25, 0.3) is 0 Å². The van der Waals surface area contributed by atoms with Crippen LogP contribution in [0.4, 0.5) is 0 Å². The minimum atomic E-state index is -2.75. The number of ether oxygens (including phenoxy) is 2. The van der Waals surface area contributed by atoms with E-state index in [4.69, 9.17) is 13.9 Å². The van der Waals surface area contributed by atoms with Gasteiger partial charge in [0.1, 0.15) is 6.10 Å². The van der Waals surface area contributed by atoms with Crippen molar-refractivity contribution in [3.05, 3.63) is 109 Å². The van der Waals surface area contributed by atoms with Gasteiger partial charge in [-0.1, -0.05) is 111 Å². The molecule has 1 aliphatic carbocycles. The molecule has 0 unspecified atom stereocenters.